The highest BCUT2D eigenvalue weighted by Gasteiger charge is 2.12. The molecule has 6 nitrogen and oxygen atoms in total. The van der Waals surface area contributed by atoms with Gasteiger partial charge in [0, 0.05) is 10.9 Å². The molecule has 0 spiro atoms. The van der Waals surface area contributed by atoms with Crippen LogP contribution in [0, 0.1) is 13.8 Å². The second-order valence-electron chi connectivity index (χ2n) is 6.10. The smallest absolute Gasteiger partial charge is 0.273 e. The minimum Gasteiger partial charge on any atom is -0.493 e. The highest BCUT2D eigenvalue weighted by atomic mass is 16.5. The number of nitrogens with zero attached hydrogens (tertiary/aromatic N) is 2. The first kappa shape index (κ1) is 18.4. The van der Waals surface area contributed by atoms with Crippen molar-refractivity contribution in [3.05, 3.63) is 64.8 Å². The molecule has 138 valence electrons. The third kappa shape index (κ3) is 3.89. The molecule has 0 atom stereocenters. The van der Waals surface area contributed by atoms with Crippen LogP contribution in [0.4, 0.5) is 0 Å². The maximum absolute atomic E-state index is 12.5. The van der Waals surface area contributed by atoms with Gasteiger partial charge < -0.3 is 9.47 Å². The van der Waals surface area contributed by atoms with Crippen molar-refractivity contribution >= 4 is 23.0 Å². The molecule has 0 fully saturated rings. The van der Waals surface area contributed by atoms with E-state index >= 15 is 0 Å². The van der Waals surface area contributed by atoms with E-state index in [1.807, 2.05) is 50.2 Å². The quantitative estimate of drug-likeness (QED) is 0.555. The molecular weight excluding hydrogens is 342 g/mol. The fourth-order valence-electron chi connectivity index (χ4n) is 2.86. The molecule has 0 aliphatic heterocycles. The fraction of sp³-hybridized carbons (Fsp3) is 0.190. The number of hydrogen-bond acceptors (Lipinski definition) is 5. The number of nitrogens with one attached hydrogen (secondary N) is 1. The van der Waals surface area contributed by atoms with Gasteiger partial charge in [0.1, 0.15) is 0 Å². The summed E-state index contributed by atoms with van der Waals surface area (Å²) in [4.78, 5) is 17.0. The summed E-state index contributed by atoms with van der Waals surface area (Å²) in [6.07, 6.45) is 1.52. The van der Waals surface area contributed by atoms with Crippen molar-refractivity contribution in [2.24, 2.45) is 5.10 Å². The van der Waals surface area contributed by atoms with Gasteiger partial charge in [0.05, 0.1) is 37.2 Å². The number of aryl methyl sites for hydroxylation is 2. The second kappa shape index (κ2) is 7.86. The number of amides is 1. The van der Waals surface area contributed by atoms with Crippen LogP contribution in [0.5, 0.6) is 11.5 Å². The summed E-state index contributed by atoms with van der Waals surface area (Å²) in [6.45, 7) is 3.81. The molecule has 6 heteroatoms. The summed E-state index contributed by atoms with van der Waals surface area (Å²) in [6, 6.07) is 13.2. The minimum absolute atomic E-state index is 0.318. The van der Waals surface area contributed by atoms with E-state index < -0.39 is 0 Å². The number of hydrazone groups is 1. The Morgan fingerprint density at radius 3 is 2.67 bits per heavy atom. The third-order valence-corrected chi connectivity index (χ3v) is 4.21. The maximum atomic E-state index is 12.5. The minimum atomic E-state index is -0.318. The van der Waals surface area contributed by atoms with Gasteiger partial charge in [-0.25, -0.2) is 5.43 Å². The van der Waals surface area contributed by atoms with Crippen molar-refractivity contribution < 1.29 is 14.3 Å². The standard InChI is InChI=1S/C21H21N3O3/c1-13-8-9-18-16(10-13)11-17(14(2)23-18)21(25)24-22-12-15-6-5-7-19(26-3)20(15)27-4/h5-12H,1-4H3,(H,24,25). The molecule has 2 aromatic carbocycles. The number of carbonyl (C=O) groups is 1. The van der Waals surface area contributed by atoms with E-state index in [4.69, 9.17) is 9.47 Å². The van der Waals surface area contributed by atoms with Crippen LogP contribution < -0.4 is 14.9 Å². The topological polar surface area (TPSA) is 72.8 Å². The molecule has 27 heavy (non-hydrogen) atoms. The SMILES string of the molecule is COc1cccc(C=NNC(=O)c2cc3cc(C)ccc3nc2C)c1OC. The van der Waals surface area contributed by atoms with Crippen LogP contribution in [0.15, 0.2) is 47.6 Å². The number of fused-ring (bicyclic) bond motifs is 1. The summed E-state index contributed by atoms with van der Waals surface area (Å²) in [7, 11) is 3.12. The van der Waals surface area contributed by atoms with Crippen molar-refractivity contribution in [2.75, 3.05) is 14.2 Å². The largest absolute Gasteiger partial charge is 0.493 e. The predicted molar refractivity (Wildman–Crippen MR) is 106 cm³/mol. The van der Waals surface area contributed by atoms with E-state index in [0.29, 0.717) is 28.3 Å². The molecule has 0 unspecified atom stereocenters. The van der Waals surface area contributed by atoms with Crippen LogP contribution in [-0.4, -0.2) is 31.3 Å². The summed E-state index contributed by atoms with van der Waals surface area (Å²) in [5.74, 6) is 0.830. The summed E-state index contributed by atoms with van der Waals surface area (Å²) in [5, 5.41) is 4.97. The Hall–Kier alpha value is -3.41. The van der Waals surface area contributed by atoms with Gasteiger partial charge in [-0.1, -0.05) is 17.7 Å². The number of methoxy groups -OCH3 is 2. The van der Waals surface area contributed by atoms with E-state index in [2.05, 4.69) is 15.5 Å². The monoisotopic (exact) mass is 363 g/mol. The maximum Gasteiger partial charge on any atom is 0.273 e. The van der Waals surface area contributed by atoms with Gasteiger partial charge in [-0.05, 0) is 44.2 Å². The zero-order valence-corrected chi connectivity index (χ0v) is 15.7. The summed E-state index contributed by atoms with van der Waals surface area (Å²) >= 11 is 0. The molecule has 1 heterocycles. The van der Waals surface area contributed by atoms with E-state index in [1.54, 1.807) is 20.3 Å². The number of benzene rings is 2. The molecule has 0 aliphatic rings. The molecule has 1 amide bonds. The van der Waals surface area contributed by atoms with Crippen molar-refractivity contribution in [1.82, 2.24) is 10.4 Å². The number of pyridine rings is 1. The van der Waals surface area contributed by atoms with E-state index in [9.17, 15) is 4.79 Å². The van der Waals surface area contributed by atoms with Crippen LogP contribution in [0.2, 0.25) is 0 Å². The first-order valence-electron chi connectivity index (χ1n) is 8.46. The van der Waals surface area contributed by atoms with Gasteiger partial charge in [-0.3, -0.25) is 9.78 Å². The van der Waals surface area contributed by atoms with Crippen LogP contribution in [0.25, 0.3) is 10.9 Å². The van der Waals surface area contributed by atoms with Crippen molar-refractivity contribution in [2.45, 2.75) is 13.8 Å². The lowest BCUT2D eigenvalue weighted by molar-refractivity contribution is 0.0954. The van der Waals surface area contributed by atoms with Crippen molar-refractivity contribution in [3.8, 4) is 11.5 Å². The third-order valence-electron chi connectivity index (χ3n) is 4.21. The average molecular weight is 363 g/mol. The van der Waals surface area contributed by atoms with E-state index in [1.165, 1.54) is 6.21 Å². The number of ether oxygens (including phenoxy) is 2. The van der Waals surface area contributed by atoms with Crippen molar-refractivity contribution in [3.63, 3.8) is 0 Å². The van der Waals surface area contributed by atoms with Crippen molar-refractivity contribution in [1.29, 1.82) is 0 Å². The molecule has 3 aromatic rings. The molecule has 0 bridgehead atoms. The molecule has 1 N–H and O–H groups in total. The predicted octanol–water partition coefficient (Wildman–Crippen LogP) is 3.63. The highest BCUT2D eigenvalue weighted by Crippen LogP contribution is 2.29. The van der Waals surface area contributed by atoms with E-state index in [0.717, 1.165) is 16.5 Å². The molecule has 0 saturated heterocycles. The lowest BCUT2D eigenvalue weighted by atomic mass is 10.1. The Bertz CT molecular complexity index is 1030. The Balaban J connectivity index is 1.83. The second-order valence-corrected chi connectivity index (χ2v) is 6.10. The van der Waals surface area contributed by atoms with Crippen LogP contribution in [0.1, 0.15) is 27.2 Å². The number of para-hydroxylation sites is 1. The lowest BCUT2D eigenvalue weighted by Crippen LogP contribution is -2.19. The number of carbonyl (C=O) groups excluding carboxylic acids is 1. The Labute approximate surface area is 157 Å². The molecule has 0 radical (unpaired) electrons. The van der Waals surface area contributed by atoms with Gasteiger partial charge in [0.25, 0.3) is 5.91 Å². The zero-order chi connectivity index (χ0) is 19.4. The molecule has 1 aromatic heterocycles. The van der Waals surface area contributed by atoms with Gasteiger partial charge in [-0.2, -0.15) is 5.10 Å². The highest BCUT2D eigenvalue weighted by molar-refractivity contribution is 5.99. The zero-order valence-electron chi connectivity index (χ0n) is 15.7. The lowest BCUT2D eigenvalue weighted by Gasteiger charge is -2.09. The molecule has 0 aliphatic carbocycles. The summed E-state index contributed by atoms with van der Waals surface area (Å²) in [5.41, 5.74) is 6.36. The van der Waals surface area contributed by atoms with Gasteiger partial charge in [-0.15, -0.1) is 0 Å². The van der Waals surface area contributed by atoms with Gasteiger partial charge >= 0.3 is 0 Å². The molecule has 0 saturated carbocycles. The average Bonchev–Trinajstić information content (AvgIpc) is 2.67. The number of aromatic nitrogens is 1. The first-order valence-corrected chi connectivity index (χ1v) is 8.46. The van der Waals surface area contributed by atoms with Crippen LogP contribution in [0.3, 0.4) is 0 Å². The van der Waals surface area contributed by atoms with Crippen LogP contribution >= 0.6 is 0 Å². The van der Waals surface area contributed by atoms with Crippen LogP contribution in [-0.2, 0) is 0 Å². The molecule has 3 rings (SSSR count). The normalized spacial score (nSPS) is 11.0. The number of hydrogen-bond donors (Lipinski definition) is 1. The summed E-state index contributed by atoms with van der Waals surface area (Å²) < 4.78 is 10.6. The Morgan fingerprint density at radius 2 is 1.93 bits per heavy atom. The Kier molecular flexibility index (Phi) is 5.35. The fourth-order valence-corrected chi connectivity index (χ4v) is 2.86. The van der Waals surface area contributed by atoms with Gasteiger partial charge in [0.15, 0.2) is 11.5 Å². The Morgan fingerprint density at radius 1 is 1.11 bits per heavy atom. The first-order chi connectivity index (χ1) is 13.0. The van der Waals surface area contributed by atoms with E-state index in [-0.39, 0.29) is 5.91 Å². The van der Waals surface area contributed by atoms with Gasteiger partial charge in [0.2, 0.25) is 0 Å². The molecular formula is C21H21N3O3. The number of rotatable bonds is 5.